The summed E-state index contributed by atoms with van der Waals surface area (Å²) in [6, 6.07) is 6.60. The maximum absolute atomic E-state index is 12.7. The van der Waals surface area contributed by atoms with Crippen LogP contribution < -0.4 is 0 Å². The van der Waals surface area contributed by atoms with E-state index in [9.17, 15) is 14.4 Å². The van der Waals surface area contributed by atoms with Crippen molar-refractivity contribution in [1.29, 1.82) is 0 Å². The molecule has 9 heteroatoms. The molecule has 0 fully saturated rings. The lowest BCUT2D eigenvalue weighted by Crippen LogP contribution is -2.29. The number of carbonyl (C=O) groups excluding carboxylic acids is 3. The average molecular weight is 446 g/mol. The molecule has 3 amide bonds. The van der Waals surface area contributed by atoms with Crippen LogP contribution in [0.2, 0.25) is 20.1 Å². The molecule has 0 aromatic heterocycles. The highest BCUT2D eigenvalue weighted by molar-refractivity contribution is 6.55. The van der Waals surface area contributed by atoms with Gasteiger partial charge in [-0.05, 0) is 17.7 Å². The zero-order chi connectivity index (χ0) is 20.0. The molecule has 1 aliphatic heterocycles. The Labute approximate surface area is 175 Å². The first-order chi connectivity index (χ1) is 12.6. The van der Waals surface area contributed by atoms with Gasteiger partial charge >= 0.3 is 0 Å². The molecule has 0 saturated carbocycles. The molecule has 1 aliphatic rings. The van der Waals surface area contributed by atoms with Gasteiger partial charge < -0.3 is 4.90 Å². The second-order valence-corrected chi connectivity index (χ2v) is 7.61. The van der Waals surface area contributed by atoms with Crippen LogP contribution >= 0.6 is 46.4 Å². The minimum absolute atomic E-state index is 0.00925. The molecular formula is C18H12Cl4N2O3. The van der Waals surface area contributed by atoms with E-state index in [0.717, 1.165) is 4.90 Å². The highest BCUT2D eigenvalue weighted by atomic mass is 35.5. The van der Waals surface area contributed by atoms with E-state index in [1.807, 2.05) is 0 Å². The van der Waals surface area contributed by atoms with E-state index in [1.165, 1.54) is 4.90 Å². The van der Waals surface area contributed by atoms with Crippen LogP contribution in [-0.2, 0) is 6.54 Å². The molecule has 0 radical (unpaired) electrons. The minimum atomic E-state index is -0.603. The van der Waals surface area contributed by atoms with Gasteiger partial charge in [0.25, 0.3) is 17.7 Å². The first-order valence-corrected chi connectivity index (χ1v) is 9.19. The largest absolute Gasteiger partial charge is 0.345 e. The molecule has 2 aromatic rings. The Bertz CT molecular complexity index is 940. The number of carbonyl (C=O) groups is 3. The molecule has 3 rings (SSSR count). The highest BCUT2D eigenvalue weighted by Gasteiger charge is 2.41. The van der Waals surface area contributed by atoms with Gasteiger partial charge in [-0.25, -0.2) is 0 Å². The van der Waals surface area contributed by atoms with E-state index in [-0.39, 0.29) is 43.7 Å². The SMILES string of the molecule is CN(C)C(=O)c1ccc(CN2C(=O)c3c(Cl)c(Cl)c(Cl)c(Cl)c3C2=O)cc1. The van der Waals surface area contributed by atoms with Crippen LogP contribution in [0, 0.1) is 0 Å². The summed E-state index contributed by atoms with van der Waals surface area (Å²) in [6.07, 6.45) is 0. The fraction of sp³-hybridized carbons (Fsp3) is 0.167. The minimum Gasteiger partial charge on any atom is -0.345 e. The van der Waals surface area contributed by atoms with Gasteiger partial charge in [-0.3, -0.25) is 19.3 Å². The lowest BCUT2D eigenvalue weighted by Gasteiger charge is -2.15. The number of hydrogen-bond donors (Lipinski definition) is 0. The second-order valence-electron chi connectivity index (χ2n) is 6.10. The maximum atomic E-state index is 12.7. The van der Waals surface area contributed by atoms with Crippen molar-refractivity contribution in [3.8, 4) is 0 Å². The normalized spacial score (nSPS) is 13.2. The third kappa shape index (κ3) is 3.29. The summed E-state index contributed by atoms with van der Waals surface area (Å²) in [5.41, 5.74) is 1.04. The number of halogens is 4. The molecule has 27 heavy (non-hydrogen) atoms. The van der Waals surface area contributed by atoms with Crippen LogP contribution in [0.15, 0.2) is 24.3 Å². The first kappa shape index (κ1) is 20.0. The zero-order valence-corrected chi connectivity index (χ0v) is 17.2. The van der Waals surface area contributed by atoms with Gasteiger partial charge in [-0.15, -0.1) is 0 Å². The van der Waals surface area contributed by atoms with E-state index < -0.39 is 11.8 Å². The molecule has 1 heterocycles. The van der Waals surface area contributed by atoms with Crippen molar-refractivity contribution in [3.05, 3.63) is 66.6 Å². The molecule has 0 spiro atoms. The van der Waals surface area contributed by atoms with E-state index >= 15 is 0 Å². The van der Waals surface area contributed by atoms with Crippen molar-refractivity contribution in [2.45, 2.75) is 6.54 Å². The lowest BCUT2D eigenvalue weighted by molar-refractivity contribution is 0.0641. The number of amides is 3. The third-order valence-corrected chi connectivity index (χ3v) is 5.93. The van der Waals surface area contributed by atoms with Crippen LogP contribution in [-0.4, -0.2) is 41.6 Å². The predicted octanol–water partition coefficient (Wildman–Crippen LogP) is 4.80. The van der Waals surface area contributed by atoms with Crippen LogP contribution in [0.3, 0.4) is 0 Å². The fourth-order valence-corrected chi connectivity index (χ4v) is 3.75. The fourth-order valence-electron chi connectivity index (χ4n) is 2.73. The summed E-state index contributed by atoms with van der Waals surface area (Å²) in [6.45, 7) is -0.00925. The number of nitrogens with zero attached hydrogens (tertiary/aromatic N) is 2. The van der Waals surface area contributed by atoms with E-state index in [4.69, 9.17) is 46.4 Å². The van der Waals surface area contributed by atoms with E-state index in [0.29, 0.717) is 11.1 Å². The summed E-state index contributed by atoms with van der Waals surface area (Å²) in [4.78, 5) is 39.8. The Morgan fingerprint density at radius 2 is 1.30 bits per heavy atom. The molecular weight excluding hydrogens is 434 g/mol. The van der Waals surface area contributed by atoms with Crippen LogP contribution in [0.25, 0.3) is 0 Å². The highest BCUT2D eigenvalue weighted by Crippen LogP contribution is 2.45. The molecule has 2 aromatic carbocycles. The Balaban J connectivity index is 1.93. The zero-order valence-electron chi connectivity index (χ0n) is 14.1. The summed E-state index contributed by atoms with van der Waals surface area (Å²) < 4.78 is 0. The Morgan fingerprint density at radius 1 is 0.852 bits per heavy atom. The Kier molecular flexibility index (Phi) is 5.41. The average Bonchev–Trinajstić information content (AvgIpc) is 2.89. The van der Waals surface area contributed by atoms with Crippen molar-refractivity contribution in [2.24, 2.45) is 0 Å². The quantitative estimate of drug-likeness (QED) is 0.387. The number of benzene rings is 2. The van der Waals surface area contributed by atoms with Crippen LogP contribution in [0.1, 0.15) is 36.6 Å². The van der Waals surface area contributed by atoms with E-state index in [1.54, 1.807) is 38.4 Å². The van der Waals surface area contributed by atoms with Gasteiger partial charge in [0, 0.05) is 19.7 Å². The Hall–Kier alpha value is -1.79. The molecule has 140 valence electrons. The van der Waals surface area contributed by atoms with Crippen molar-refractivity contribution in [1.82, 2.24) is 9.80 Å². The van der Waals surface area contributed by atoms with Crippen molar-refractivity contribution < 1.29 is 14.4 Å². The maximum Gasteiger partial charge on any atom is 0.263 e. The monoisotopic (exact) mass is 444 g/mol. The first-order valence-electron chi connectivity index (χ1n) is 7.67. The Morgan fingerprint density at radius 3 is 1.70 bits per heavy atom. The van der Waals surface area contributed by atoms with Crippen molar-refractivity contribution in [2.75, 3.05) is 14.1 Å². The van der Waals surface area contributed by atoms with Gasteiger partial charge in [-0.2, -0.15) is 0 Å². The third-order valence-electron chi connectivity index (χ3n) is 4.13. The van der Waals surface area contributed by atoms with E-state index in [2.05, 4.69) is 0 Å². The number of hydrogen-bond acceptors (Lipinski definition) is 3. The molecule has 0 unspecified atom stereocenters. The molecule has 5 nitrogen and oxygen atoms in total. The molecule has 0 aliphatic carbocycles. The lowest BCUT2D eigenvalue weighted by atomic mass is 10.1. The van der Waals surface area contributed by atoms with Crippen LogP contribution in [0.4, 0.5) is 0 Å². The topological polar surface area (TPSA) is 57.7 Å². The molecule has 0 atom stereocenters. The van der Waals surface area contributed by atoms with Crippen molar-refractivity contribution in [3.63, 3.8) is 0 Å². The van der Waals surface area contributed by atoms with Gasteiger partial charge in [0.1, 0.15) is 0 Å². The van der Waals surface area contributed by atoms with Crippen LogP contribution in [0.5, 0.6) is 0 Å². The molecule has 0 saturated heterocycles. The molecule has 0 bridgehead atoms. The van der Waals surface area contributed by atoms with Crippen molar-refractivity contribution >= 4 is 64.1 Å². The number of imide groups is 1. The summed E-state index contributed by atoms with van der Waals surface area (Å²) in [7, 11) is 3.30. The smallest absolute Gasteiger partial charge is 0.263 e. The summed E-state index contributed by atoms with van der Waals surface area (Å²) in [5.74, 6) is -1.35. The van der Waals surface area contributed by atoms with Gasteiger partial charge in [0.05, 0.1) is 37.8 Å². The summed E-state index contributed by atoms with van der Waals surface area (Å²) >= 11 is 24.2. The van der Waals surface area contributed by atoms with Gasteiger partial charge in [0.2, 0.25) is 0 Å². The van der Waals surface area contributed by atoms with Gasteiger partial charge in [0.15, 0.2) is 0 Å². The second kappa shape index (κ2) is 7.32. The molecule has 0 N–H and O–H groups in total. The predicted molar refractivity (Wildman–Crippen MR) is 105 cm³/mol. The number of fused-ring (bicyclic) bond motifs is 1. The summed E-state index contributed by atoms with van der Waals surface area (Å²) in [5, 5.41) is -0.351. The van der Waals surface area contributed by atoms with Gasteiger partial charge in [-0.1, -0.05) is 58.5 Å². The number of rotatable bonds is 3. The standard InChI is InChI=1S/C18H12Cl4N2O3/c1-23(2)16(25)9-5-3-8(4-6-9)7-24-17(26)10-11(18(24)27)13(20)15(22)14(21)12(10)19/h3-6H,7H2,1-2H3.